The molecule has 0 saturated heterocycles. The van der Waals surface area contributed by atoms with Gasteiger partial charge < -0.3 is 0 Å². The van der Waals surface area contributed by atoms with Gasteiger partial charge >= 0.3 is 0 Å². The second-order valence-electron chi connectivity index (χ2n) is 10.2. The zero-order valence-electron chi connectivity index (χ0n) is 17.1. The third kappa shape index (κ3) is 4.16. The van der Waals surface area contributed by atoms with E-state index in [1.807, 2.05) is 0 Å². The zero-order chi connectivity index (χ0) is 17.1. The van der Waals surface area contributed by atoms with Gasteiger partial charge in [-0.25, -0.2) is 0 Å². The molecule has 23 heavy (non-hydrogen) atoms. The molecule has 0 heteroatoms. The molecule has 2 aliphatic carbocycles. The van der Waals surface area contributed by atoms with Gasteiger partial charge in [0.1, 0.15) is 0 Å². The molecule has 136 valence electrons. The monoisotopic (exact) mass is 320 g/mol. The fraction of sp³-hybridized carbons (Fsp3) is 1.00. The number of hydrogen-bond acceptors (Lipinski definition) is 0. The van der Waals surface area contributed by atoms with Crippen LogP contribution in [-0.2, 0) is 0 Å². The van der Waals surface area contributed by atoms with Crippen molar-refractivity contribution in [3.05, 3.63) is 0 Å². The van der Waals surface area contributed by atoms with Crippen LogP contribution in [0.4, 0.5) is 0 Å². The third-order valence-electron chi connectivity index (χ3n) is 8.48. The van der Waals surface area contributed by atoms with Crippen LogP contribution < -0.4 is 0 Å². The summed E-state index contributed by atoms with van der Waals surface area (Å²) in [5, 5.41) is 0. The molecule has 0 N–H and O–H groups in total. The third-order valence-corrected chi connectivity index (χ3v) is 8.48. The van der Waals surface area contributed by atoms with Crippen molar-refractivity contribution in [3.63, 3.8) is 0 Å². The van der Waals surface area contributed by atoms with E-state index in [-0.39, 0.29) is 0 Å². The summed E-state index contributed by atoms with van der Waals surface area (Å²) >= 11 is 0. The first-order valence-corrected chi connectivity index (χ1v) is 10.8. The molecule has 0 heterocycles. The molecular weight excluding hydrogens is 276 g/mol. The summed E-state index contributed by atoms with van der Waals surface area (Å²) in [5.41, 5.74) is 1.08. The Morgan fingerprint density at radius 3 is 1.17 bits per heavy atom. The van der Waals surface area contributed by atoms with Gasteiger partial charge in [0.2, 0.25) is 0 Å². The Morgan fingerprint density at radius 1 is 0.609 bits per heavy atom. The lowest BCUT2D eigenvalue weighted by Crippen LogP contribution is -2.44. The van der Waals surface area contributed by atoms with Crippen LogP contribution in [0.3, 0.4) is 0 Å². The molecule has 2 saturated carbocycles. The van der Waals surface area contributed by atoms with E-state index in [9.17, 15) is 0 Å². The van der Waals surface area contributed by atoms with E-state index < -0.39 is 0 Å². The minimum absolute atomic E-state index is 0.539. The molecule has 0 spiro atoms. The molecule has 0 bridgehead atoms. The topological polar surface area (TPSA) is 0 Å². The minimum atomic E-state index is 0.539. The Morgan fingerprint density at radius 2 is 0.913 bits per heavy atom. The minimum Gasteiger partial charge on any atom is -0.0622 e. The van der Waals surface area contributed by atoms with Crippen LogP contribution in [0.15, 0.2) is 0 Å². The molecule has 2 rings (SSSR count). The Hall–Kier alpha value is 0. The van der Waals surface area contributed by atoms with Gasteiger partial charge in [-0.3, -0.25) is 0 Å². The van der Waals surface area contributed by atoms with Gasteiger partial charge in [-0.2, -0.15) is 0 Å². The van der Waals surface area contributed by atoms with Crippen molar-refractivity contribution in [3.8, 4) is 0 Å². The zero-order valence-corrected chi connectivity index (χ0v) is 17.1. The summed E-state index contributed by atoms with van der Waals surface area (Å²) < 4.78 is 0. The number of rotatable bonds is 6. The average Bonchev–Trinajstić information content (AvgIpc) is 2.56. The predicted molar refractivity (Wildman–Crippen MR) is 104 cm³/mol. The van der Waals surface area contributed by atoms with Crippen LogP contribution in [0.5, 0.6) is 0 Å². The summed E-state index contributed by atoms with van der Waals surface area (Å²) in [4.78, 5) is 0. The maximum atomic E-state index is 2.66. The molecule has 2 atom stereocenters. The van der Waals surface area contributed by atoms with Crippen molar-refractivity contribution in [2.45, 2.75) is 112 Å². The summed E-state index contributed by atoms with van der Waals surface area (Å²) in [6.45, 7) is 15.4. The van der Waals surface area contributed by atoms with Crippen LogP contribution in [0.25, 0.3) is 0 Å². The van der Waals surface area contributed by atoms with Gasteiger partial charge in [-0.1, -0.05) is 80.1 Å². The molecule has 0 radical (unpaired) electrons. The average molecular weight is 321 g/mol. The Balaban J connectivity index is 2.22. The highest BCUT2D eigenvalue weighted by atomic mass is 14.5. The predicted octanol–water partition coefficient (Wildman–Crippen LogP) is 7.86. The lowest BCUT2D eigenvalue weighted by molar-refractivity contribution is -0.0329. The van der Waals surface area contributed by atoms with Crippen molar-refractivity contribution >= 4 is 0 Å². The van der Waals surface area contributed by atoms with Crippen molar-refractivity contribution in [1.29, 1.82) is 0 Å². The molecule has 2 aliphatic rings. The normalized spacial score (nSPS) is 27.1. The van der Waals surface area contributed by atoms with Crippen LogP contribution in [0.2, 0.25) is 0 Å². The quantitative estimate of drug-likeness (QED) is 0.467. The van der Waals surface area contributed by atoms with Gasteiger partial charge in [-0.05, 0) is 66.6 Å². The maximum Gasteiger partial charge on any atom is -0.0269 e. The second-order valence-corrected chi connectivity index (χ2v) is 10.2. The van der Waals surface area contributed by atoms with E-state index in [1.165, 1.54) is 70.6 Å². The summed E-state index contributed by atoms with van der Waals surface area (Å²) in [6.07, 6.45) is 16.3. The SMILES string of the molecule is CC(C)C(C)(CC(C)(C(C)C)C1CCCCC1)C1CCCCC1. The summed E-state index contributed by atoms with van der Waals surface area (Å²) in [6, 6.07) is 0. The highest BCUT2D eigenvalue weighted by Gasteiger charge is 2.47. The molecular formula is C23H44. The van der Waals surface area contributed by atoms with E-state index in [1.54, 1.807) is 0 Å². The fourth-order valence-corrected chi connectivity index (χ4v) is 5.98. The molecule has 2 fully saturated rings. The van der Waals surface area contributed by atoms with E-state index in [0.29, 0.717) is 10.8 Å². The van der Waals surface area contributed by atoms with Crippen molar-refractivity contribution in [2.75, 3.05) is 0 Å². The van der Waals surface area contributed by atoms with Gasteiger partial charge in [0.15, 0.2) is 0 Å². The molecule has 2 unspecified atom stereocenters. The van der Waals surface area contributed by atoms with Crippen LogP contribution >= 0.6 is 0 Å². The van der Waals surface area contributed by atoms with Crippen LogP contribution in [-0.4, -0.2) is 0 Å². The van der Waals surface area contributed by atoms with Crippen molar-refractivity contribution in [1.82, 2.24) is 0 Å². The lowest BCUT2D eigenvalue weighted by Gasteiger charge is -2.53. The number of hydrogen-bond donors (Lipinski definition) is 0. The lowest BCUT2D eigenvalue weighted by atomic mass is 9.52. The van der Waals surface area contributed by atoms with Gasteiger partial charge in [0, 0.05) is 0 Å². The molecule has 0 aliphatic heterocycles. The fourth-order valence-electron chi connectivity index (χ4n) is 5.98. The van der Waals surface area contributed by atoms with Gasteiger partial charge in [-0.15, -0.1) is 0 Å². The first-order chi connectivity index (χ1) is 10.8. The Labute approximate surface area is 147 Å². The van der Waals surface area contributed by atoms with E-state index in [0.717, 1.165) is 23.7 Å². The Bertz CT molecular complexity index is 309. The van der Waals surface area contributed by atoms with Crippen molar-refractivity contribution < 1.29 is 0 Å². The summed E-state index contributed by atoms with van der Waals surface area (Å²) in [7, 11) is 0. The second kappa shape index (κ2) is 7.92. The van der Waals surface area contributed by atoms with E-state index in [4.69, 9.17) is 0 Å². The molecule has 0 aromatic rings. The van der Waals surface area contributed by atoms with Crippen LogP contribution in [0, 0.1) is 34.5 Å². The standard InChI is InChI=1S/C23H44/c1-18(2)22(5,20-13-9-7-10-14-20)17-23(6,19(3)4)21-15-11-8-12-16-21/h18-21H,7-17H2,1-6H3. The maximum absolute atomic E-state index is 2.66. The molecule has 0 amide bonds. The first kappa shape index (κ1) is 19.3. The van der Waals surface area contributed by atoms with E-state index in [2.05, 4.69) is 41.5 Å². The van der Waals surface area contributed by atoms with E-state index >= 15 is 0 Å². The molecule has 0 nitrogen and oxygen atoms in total. The Kier molecular flexibility index (Phi) is 6.66. The van der Waals surface area contributed by atoms with Crippen LogP contribution in [0.1, 0.15) is 112 Å². The highest BCUT2D eigenvalue weighted by Crippen LogP contribution is 2.56. The largest absolute Gasteiger partial charge is 0.0622 e. The molecule has 0 aromatic heterocycles. The highest BCUT2D eigenvalue weighted by molar-refractivity contribution is 4.96. The van der Waals surface area contributed by atoms with Gasteiger partial charge in [0.25, 0.3) is 0 Å². The summed E-state index contributed by atoms with van der Waals surface area (Å²) in [5.74, 6) is 3.57. The van der Waals surface area contributed by atoms with Gasteiger partial charge in [0.05, 0.1) is 0 Å². The molecule has 0 aromatic carbocycles. The first-order valence-electron chi connectivity index (χ1n) is 10.8. The van der Waals surface area contributed by atoms with Crippen molar-refractivity contribution in [2.24, 2.45) is 34.5 Å². The smallest absolute Gasteiger partial charge is 0.0269 e.